The van der Waals surface area contributed by atoms with Crippen molar-refractivity contribution in [1.29, 1.82) is 0 Å². The summed E-state index contributed by atoms with van der Waals surface area (Å²) in [6.45, 7) is 10.6. The van der Waals surface area contributed by atoms with Crippen LogP contribution >= 0.6 is 0 Å². The molecule has 0 saturated carbocycles. The average Bonchev–Trinajstić information content (AvgIpc) is 2.20. The number of hydrogen-bond donors (Lipinski definition) is 1. The number of nitrogens with two attached hydrogens (primary N) is 1. The van der Waals surface area contributed by atoms with Crippen LogP contribution in [-0.2, 0) is 11.2 Å². The van der Waals surface area contributed by atoms with Crippen LogP contribution in [0.15, 0.2) is 18.2 Å². The van der Waals surface area contributed by atoms with Gasteiger partial charge in [-0.25, -0.2) is 0 Å². The topological polar surface area (TPSA) is 43.1 Å². The number of hydrogen-bond acceptors (Lipinski definition) is 2. The van der Waals surface area contributed by atoms with E-state index in [1.165, 1.54) is 11.1 Å². The summed E-state index contributed by atoms with van der Waals surface area (Å²) < 4.78 is 0. The molecule has 1 unspecified atom stereocenters. The molecule has 2 heteroatoms. The van der Waals surface area contributed by atoms with Gasteiger partial charge in [0.1, 0.15) is 5.78 Å². The van der Waals surface area contributed by atoms with E-state index in [-0.39, 0.29) is 17.2 Å². The number of ketones is 1. The predicted molar refractivity (Wildman–Crippen MR) is 81.3 cm³/mol. The van der Waals surface area contributed by atoms with Crippen LogP contribution in [0.1, 0.15) is 50.3 Å². The summed E-state index contributed by atoms with van der Waals surface area (Å²) in [6.07, 6.45) is 1.86. The van der Waals surface area contributed by atoms with Crippen molar-refractivity contribution in [2.75, 3.05) is 0 Å². The first-order chi connectivity index (χ1) is 8.67. The van der Waals surface area contributed by atoms with E-state index in [0.29, 0.717) is 12.8 Å². The van der Waals surface area contributed by atoms with Crippen molar-refractivity contribution in [3.05, 3.63) is 34.9 Å². The Hall–Kier alpha value is -1.15. The lowest BCUT2D eigenvalue weighted by atomic mass is 9.86. The normalized spacial score (nSPS) is 13.4. The van der Waals surface area contributed by atoms with Crippen LogP contribution in [0.5, 0.6) is 0 Å². The highest BCUT2D eigenvalue weighted by atomic mass is 16.1. The molecule has 0 aliphatic heterocycles. The molecule has 2 N–H and O–H groups in total. The Labute approximate surface area is 117 Å². The lowest BCUT2D eigenvalue weighted by molar-refractivity contribution is -0.118. The minimum absolute atomic E-state index is 0.0287. The summed E-state index contributed by atoms with van der Waals surface area (Å²) in [6, 6.07) is 6.18. The fourth-order valence-corrected chi connectivity index (χ4v) is 2.36. The first kappa shape index (κ1) is 15.9. The zero-order valence-corrected chi connectivity index (χ0v) is 12.9. The Balaban J connectivity index is 2.53. The van der Waals surface area contributed by atoms with Gasteiger partial charge >= 0.3 is 0 Å². The molecule has 19 heavy (non-hydrogen) atoms. The van der Waals surface area contributed by atoms with E-state index in [1.54, 1.807) is 0 Å². The molecule has 0 heterocycles. The first-order valence-corrected chi connectivity index (χ1v) is 7.01. The van der Waals surface area contributed by atoms with E-state index in [0.717, 1.165) is 12.0 Å². The monoisotopic (exact) mass is 261 g/mol. The molecule has 0 saturated heterocycles. The minimum Gasteiger partial charge on any atom is -0.327 e. The number of carbonyl (C=O) groups excluding carboxylic acids is 1. The van der Waals surface area contributed by atoms with Crippen LogP contribution in [0.4, 0.5) is 0 Å². The van der Waals surface area contributed by atoms with Crippen molar-refractivity contribution in [1.82, 2.24) is 0 Å². The van der Waals surface area contributed by atoms with Gasteiger partial charge < -0.3 is 5.73 Å². The molecule has 0 bridgehead atoms. The van der Waals surface area contributed by atoms with Crippen molar-refractivity contribution >= 4 is 5.78 Å². The molecule has 1 rings (SSSR count). The molecule has 0 aromatic heterocycles. The highest BCUT2D eigenvalue weighted by Crippen LogP contribution is 2.21. The van der Waals surface area contributed by atoms with E-state index in [1.807, 2.05) is 6.07 Å². The maximum absolute atomic E-state index is 12.0. The largest absolute Gasteiger partial charge is 0.327 e. The van der Waals surface area contributed by atoms with Crippen molar-refractivity contribution < 1.29 is 4.79 Å². The summed E-state index contributed by atoms with van der Waals surface area (Å²) in [5.74, 6) is 0.236. The molecular weight excluding hydrogens is 234 g/mol. The lowest BCUT2D eigenvalue weighted by Crippen LogP contribution is -2.29. The van der Waals surface area contributed by atoms with Crippen molar-refractivity contribution in [2.45, 2.75) is 59.9 Å². The van der Waals surface area contributed by atoms with E-state index in [9.17, 15) is 4.79 Å². The Bertz CT molecular complexity index is 443. The Kier molecular flexibility index (Phi) is 5.30. The Morgan fingerprint density at radius 1 is 1.21 bits per heavy atom. The molecule has 0 amide bonds. The van der Waals surface area contributed by atoms with Crippen LogP contribution in [-0.4, -0.2) is 11.8 Å². The standard InChI is InChI=1S/C17H27NO/c1-12-6-7-14(8-13(12)2)9-16(19)10-15(18)11-17(3,4)5/h6-8,15H,9-11,18H2,1-5H3. The van der Waals surface area contributed by atoms with Crippen LogP contribution in [0, 0.1) is 19.3 Å². The van der Waals surface area contributed by atoms with Crippen molar-refractivity contribution in [3.8, 4) is 0 Å². The predicted octanol–water partition coefficient (Wildman–Crippen LogP) is 3.57. The molecule has 0 aliphatic carbocycles. The van der Waals surface area contributed by atoms with E-state index >= 15 is 0 Å². The van der Waals surface area contributed by atoms with E-state index in [2.05, 4.69) is 46.8 Å². The number of carbonyl (C=O) groups is 1. The third-order valence-corrected chi connectivity index (χ3v) is 3.34. The van der Waals surface area contributed by atoms with Gasteiger partial charge in [0, 0.05) is 18.9 Å². The SMILES string of the molecule is Cc1ccc(CC(=O)CC(N)CC(C)(C)C)cc1C. The Morgan fingerprint density at radius 2 is 1.84 bits per heavy atom. The molecule has 0 aliphatic rings. The van der Waals surface area contributed by atoms with Gasteiger partial charge in [0.2, 0.25) is 0 Å². The summed E-state index contributed by atoms with van der Waals surface area (Å²) in [5, 5.41) is 0. The summed E-state index contributed by atoms with van der Waals surface area (Å²) in [7, 11) is 0. The molecule has 1 aromatic carbocycles. The van der Waals surface area contributed by atoms with Gasteiger partial charge in [-0.15, -0.1) is 0 Å². The van der Waals surface area contributed by atoms with Gasteiger partial charge in [-0.2, -0.15) is 0 Å². The van der Waals surface area contributed by atoms with Gasteiger partial charge in [-0.05, 0) is 42.4 Å². The molecule has 0 spiro atoms. The van der Waals surface area contributed by atoms with Gasteiger partial charge in [-0.3, -0.25) is 4.79 Å². The lowest BCUT2D eigenvalue weighted by Gasteiger charge is -2.22. The molecule has 106 valence electrons. The fraction of sp³-hybridized carbons (Fsp3) is 0.588. The maximum Gasteiger partial charge on any atom is 0.138 e. The zero-order valence-electron chi connectivity index (χ0n) is 12.9. The second-order valence-corrected chi connectivity index (χ2v) is 6.86. The zero-order chi connectivity index (χ0) is 14.6. The van der Waals surface area contributed by atoms with Gasteiger partial charge in [0.15, 0.2) is 0 Å². The highest BCUT2D eigenvalue weighted by molar-refractivity contribution is 5.81. The summed E-state index contributed by atoms with van der Waals surface area (Å²) in [5.41, 5.74) is 9.83. The molecule has 0 fully saturated rings. The van der Waals surface area contributed by atoms with Crippen LogP contribution in [0.3, 0.4) is 0 Å². The van der Waals surface area contributed by atoms with Gasteiger partial charge in [0.25, 0.3) is 0 Å². The molecular formula is C17H27NO. The van der Waals surface area contributed by atoms with E-state index < -0.39 is 0 Å². The maximum atomic E-state index is 12.0. The van der Waals surface area contributed by atoms with Crippen molar-refractivity contribution in [3.63, 3.8) is 0 Å². The van der Waals surface area contributed by atoms with Gasteiger partial charge in [-0.1, -0.05) is 39.0 Å². The third-order valence-electron chi connectivity index (χ3n) is 3.34. The third kappa shape index (κ3) is 6.02. The second-order valence-electron chi connectivity index (χ2n) is 6.86. The van der Waals surface area contributed by atoms with Crippen LogP contribution < -0.4 is 5.73 Å². The summed E-state index contributed by atoms with van der Waals surface area (Å²) in [4.78, 5) is 12.0. The minimum atomic E-state index is -0.0287. The number of aryl methyl sites for hydroxylation is 2. The molecule has 2 nitrogen and oxygen atoms in total. The number of Topliss-reactive ketones (excluding diaryl/α,β-unsaturated/α-hetero) is 1. The van der Waals surface area contributed by atoms with Crippen LogP contribution in [0.2, 0.25) is 0 Å². The smallest absolute Gasteiger partial charge is 0.138 e. The van der Waals surface area contributed by atoms with E-state index in [4.69, 9.17) is 5.73 Å². The number of benzene rings is 1. The van der Waals surface area contributed by atoms with Crippen molar-refractivity contribution in [2.24, 2.45) is 11.1 Å². The summed E-state index contributed by atoms with van der Waals surface area (Å²) >= 11 is 0. The Morgan fingerprint density at radius 3 is 2.37 bits per heavy atom. The van der Waals surface area contributed by atoms with Gasteiger partial charge in [0.05, 0.1) is 0 Å². The average molecular weight is 261 g/mol. The molecule has 1 atom stereocenters. The molecule has 1 aromatic rings. The number of rotatable bonds is 5. The quantitative estimate of drug-likeness (QED) is 0.880. The first-order valence-electron chi connectivity index (χ1n) is 7.01. The molecule has 0 radical (unpaired) electrons. The highest BCUT2D eigenvalue weighted by Gasteiger charge is 2.18. The fourth-order valence-electron chi connectivity index (χ4n) is 2.36. The second kappa shape index (κ2) is 6.33. The van der Waals surface area contributed by atoms with Crippen LogP contribution in [0.25, 0.3) is 0 Å².